The van der Waals surface area contributed by atoms with E-state index in [1.807, 2.05) is 0 Å². The van der Waals surface area contributed by atoms with E-state index in [1.54, 1.807) is 0 Å². The Balaban J connectivity index is 0.000001000. The summed E-state index contributed by atoms with van der Waals surface area (Å²) in [5, 5.41) is 18.8. The van der Waals surface area contributed by atoms with Gasteiger partial charge in [-0.15, -0.1) is 0 Å². The Morgan fingerprint density at radius 3 is 2.09 bits per heavy atom. The van der Waals surface area contributed by atoms with E-state index in [0.717, 1.165) is 0 Å². The summed E-state index contributed by atoms with van der Waals surface area (Å²) in [6.45, 7) is 0. The van der Waals surface area contributed by atoms with Crippen LogP contribution in [0.1, 0.15) is 0 Å². The van der Waals surface area contributed by atoms with Gasteiger partial charge in [-0.1, -0.05) is 0 Å². The summed E-state index contributed by atoms with van der Waals surface area (Å²) in [6.07, 6.45) is 0. The number of phenolic OH excluding ortho intramolecular Hbond substituents is 1. The molecule has 0 atom stereocenters. The monoisotopic (exact) mass is 162 g/mol. The van der Waals surface area contributed by atoms with Crippen molar-refractivity contribution in [2.75, 3.05) is 0 Å². The summed E-state index contributed by atoms with van der Waals surface area (Å²) in [5.41, 5.74) is -0.0159. The fourth-order valence-corrected chi connectivity index (χ4v) is 0.574. The first-order valence-electron chi connectivity index (χ1n) is 2.63. The molecule has 1 aromatic carbocycles. The van der Waals surface area contributed by atoms with Crippen LogP contribution in [0.4, 0.5) is 5.69 Å². The zero-order chi connectivity index (χ0) is 7.56. The number of nitrogens with zero attached hydrogens (tertiary/aromatic N) is 1. The number of non-ortho nitro benzene ring substituents is 1. The molecule has 0 aromatic heterocycles. The second-order valence-corrected chi connectivity index (χ2v) is 1.77. The second-order valence-electron chi connectivity index (χ2n) is 1.77. The normalized spacial score (nSPS) is 8.36. The number of rotatable bonds is 1. The molecule has 0 fully saturated rings. The summed E-state index contributed by atoms with van der Waals surface area (Å²) in [5.74, 6) is 0.0330. The molecule has 5 heteroatoms. The maximum absolute atomic E-state index is 10.0. The van der Waals surface area contributed by atoms with Crippen LogP contribution in [-0.4, -0.2) is 39.6 Å². The molecule has 0 aliphatic carbocycles. The maximum Gasteiger partial charge on any atom is 0.269 e. The Kier molecular flexibility index (Phi) is 4.10. The summed E-state index contributed by atoms with van der Waals surface area (Å²) in [4.78, 5) is 9.52. The van der Waals surface area contributed by atoms with Gasteiger partial charge in [-0.25, -0.2) is 0 Å². The van der Waals surface area contributed by atoms with Gasteiger partial charge in [-0.2, -0.15) is 0 Å². The van der Waals surface area contributed by atoms with E-state index < -0.39 is 4.92 Å². The van der Waals surface area contributed by atoms with Crippen LogP contribution in [0.25, 0.3) is 0 Å². The first-order chi connectivity index (χ1) is 4.70. The van der Waals surface area contributed by atoms with Gasteiger partial charge in [0.2, 0.25) is 0 Å². The average Bonchev–Trinajstić information content (AvgIpc) is 1.88. The average molecular weight is 162 g/mol. The van der Waals surface area contributed by atoms with Crippen LogP contribution in [0.3, 0.4) is 0 Å². The summed E-state index contributed by atoms with van der Waals surface area (Å²) in [6, 6.07) is 5.04. The van der Waals surface area contributed by atoms with Crippen LogP contribution >= 0.6 is 0 Å². The van der Waals surface area contributed by atoms with E-state index in [0.29, 0.717) is 0 Å². The molecule has 1 rings (SSSR count). The van der Waals surface area contributed by atoms with E-state index in [1.165, 1.54) is 24.3 Å². The van der Waals surface area contributed by atoms with Crippen molar-refractivity contribution >= 4 is 35.2 Å². The fraction of sp³-hybridized carbons (Fsp3) is 0. The third-order valence-corrected chi connectivity index (χ3v) is 1.06. The molecule has 53 valence electrons. The van der Waals surface area contributed by atoms with Gasteiger partial charge < -0.3 is 5.11 Å². The molecule has 0 aliphatic heterocycles. The minimum absolute atomic E-state index is 0. The van der Waals surface area contributed by atoms with Gasteiger partial charge in [-0.05, 0) is 12.1 Å². The van der Waals surface area contributed by atoms with Crippen LogP contribution in [0.5, 0.6) is 5.75 Å². The zero-order valence-electron chi connectivity index (χ0n) is 6.02. The number of hydrogen-bond acceptors (Lipinski definition) is 3. The number of phenols is 1. The van der Waals surface area contributed by atoms with Gasteiger partial charge >= 0.3 is 0 Å². The van der Waals surface area contributed by atoms with E-state index >= 15 is 0 Å². The van der Waals surface area contributed by atoms with Crippen LogP contribution in [0.2, 0.25) is 0 Å². The Morgan fingerprint density at radius 1 is 1.27 bits per heavy atom. The van der Waals surface area contributed by atoms with Gasteiger partial charge in [0.15, 0.2) is 0 Å². The van der Waals surface area contributed by atoms with Crippen LogP contribution in [-0.2, 0) is 0 Å². The molecule has 0 aliphatic rings. The summed E-state index contributed by atoms with van der Waals surface area (Å²) < 4.78 is 0. The molecule has 0 bridgehead atoms. The van der Waals surface area contributed by atoms with Gasteiger partial charge in [0.05, 0.1) is 4.92 Å². The minimum Gasteiger partial charge on any atom is -0.508 e. The fourth-order valence-electron chi connectivity index (χ4n) is 0.574. The van der Waals surface area contributed by atoms with Crippen molar-refractivity contribution in [3.63, 3.8) is 0 Å². The second kappa shape index (κ2) is 4.33. The van der Waals surface area contributed by atoms with Crippen molar-refractivity contribution in [3.05, 3.63) is 34.4 Å². The van der Waals surface area contributed by atoms with E-state index in [4.69, 9.17) is 5.11 Å². The number of nitro benzene ring substituents is 1. The molecular weight excluding hydrogens is 157 g/mol. The Morgan fingerprint density at radius 2 is 1.73 bits per heavy atom. The zero-order valence-corrected chi connectivity index (χ0v) is 8.02. The van der Waals surface area contributed by atoms with E-state index in [-0.39, 0.29) is 41.0 Å². The largest absolute Gasteiger partial charge is 0.508 e. The number of aromatic hydroxyl groups is 1. The van der Waals surface area contributed by atoms with Crippen LogP contribution in [0.15, 0.2) is 24.3 Å². The Bertz CT molecular complexity index is 247. The Hall–Kier alpha value is -0.580. The molecule has 0 saturated heterocycles. The number of benzene rings is 1. The van der Waals surface area contributed by atoms with Crippen molar-refractivity contribution in [2.45, 2.75) is 0 Å². The molecule has 0 spiro atoms. The standard InChI is InChI=1S/C6H5NO3.Na/c8-6-3-1-5(2-4-6)7(9)10;/h1-4,8H;. The molecule has 4 nitrogen and oxygen atoms in total. The molecule has 0 unspecified atom stereocenters. The minimum atomic E-state index is -0.514. The van der Waals surface area contributed by atoms with Crippen LogP contribution < -0.4 is 0 Å². The summed E-state index contributed by atoms with van der Waals surface area (Å²) >= 11 is 0. The molecular formula is C6H5NNaO3. The third-order valence-electron chi connectivity index (χ3n) is 1.06. The van der Waals surface area contributed by atoms with Crippen molar-refractivity contribution < 1.29 is 10.0 Å². The van der Waals surface area contributed by atoms with Gasteiger partial charge in [-0.3, -0.25) is 10.1 Å². The molecule has 0 heterocycles. The number of hydrogen-bond donors (Lipinski definition) is 1. The predicted octanol–water partition coefficient (Wildman–Crippen LogP) is 0.920. The number of nitro groups is 1. The molecule has 11 heavy (non-hydrogen) atoms. The van der Waals surface area contributed by atoms with E-state index in [9.17, 15) is 10.1 Å². The van der Waals surface area contributed by atoms with Crippen LogP contribution in [0, 0.1) is 10.1 Å². The molecule has 1 aromatic rings. The third kappa shape index (κ3) is 2.88. The maximum atomic E-state index is 10.0. The summed E-state index contributed by atoms with van der Waals surface area (Å²) in [7, 11) is 0. The molecule has 1 N–H and O–H groups in total. The first kappa shape index (κ1) is 10.4. The molecule has 0 saturated carbocycles. The quantitative estimate of drug-likeness (QED) is 0.379. The van der Waals surface area contributed by atoms with E-state index in [2.05, 4.69) is 0 Å². The van der Waals surface area contributed by atoms with Gasteiger partial charge in [0, 0.05) is 41.7 Å². The van der Waals surface area contributed by atoms with Crippen molar-refractivity contribution in [3.8, 4) is 5.75 Å². The van der Waals surface area contributed by atoms with Crippen molar-refractivity contribution in [2.24, 2.45) is 0 Å². The SMILES string of the molecule is O=[N+]([O-])c1ccc(O)cc1.[Na]. The van der Waals surface area contributed by atoms with Gasteiger partial charge in [0.25, 0.3) is 5.69 Å². The Labute approximate surface area is 85.3 Å². The molecule has 1 radical (unpaired) electrons. The van der Waals surface area contributed by atoms with Crippen molar-refractivity contribution in [1.29, 1.82) is 0 Å². The topological polar surface area (TPSA) is 63.4 Å². The van der Waals surface area contributed by atoms with Crippen molar-refractivity contribution in [1.82, 2.24) is 0 Å². The first-order valence-corrected chi connectivity index (χ1v) is 2.63. The molecule has 0 amide bonds. The predicted molar refractivity (Wildman–Crippen MR) is 40.5 cm³/mol. The smallest absolute Gasteiger partial charge is 0.269 e. The van der Waals surface area contributed by atoms with Gasteiger partial charge in [0.1, 0.15) is 5.75 Å².